The van der Waals surface area contributed by atoms with Crippen molar-refractivity contribution in [3.8, 4) is 6.07 Å². The smallest absolute Gasteiger partial charge is 0.113 e. The Morgan fingerprint density at radius 3 is 2.50 bits per heavy atom. The van der Waals surface area contributed by atoms with Crippen molar-refractivity contribution in [3.63, 3.8) is 0 Å². The van der Waals surface area contributed by atoms with Gasteiger partial charge in [0.25, 0.3) is 0 Å². The molecule has 0 aromatic rings. The van der Waals surface area contributed by atoms with Crippen molar-refractivity contribution in [2.45, 2.75) is 19.0 Å². The summed E-state index contributed by atoms with van der Waals surface area (Å²) in [6, 6.07) is 2.06. The summed E-state index contributed by atoms with van der Waals surface area (Å²) in [4.78, 5) is 2.14. The predicted octanol–water partition coefficient (Wildman–Crippen LogP) is -0.869. The summed E-state index contributed by atoms with van der Waals surface area (Å²) in [5.41, 5.74) is 5.69. The molecule has 1 rings (SSSR count). The first-order valence-corrected chi connectivity index (χ1v) is 4.35. The minimum Gasteiger partial charge on any atom is -0.326 e. The van der Waals surface area contributed by atoms with E-state index in [1.165, 1.54) is 0 Å². The average molecular weight is 168 g/mol. The van der Waals surface area contributed by atoms with Crippen molar-refractivity contribution in [3.05, 3.63) is 0 Å². The predicted molar refractivity (Wildman–Crippen MR) is 47.5 cm³/mol. The Hall–Kier alpha value is -0.630. The van der Waals surface area contributed by atoms with Gasteiger partial charge in [-0.15, -0.1) is 0 Å². The second-order valence-electron chi connectivity index (χ2n) is 3.22. The lowest BCUT2D eigenvalue weighted by molar-refractivity contribution is 0.190. The van der Waals surface area contributed by atoms with Gasteiger partial charge in [-0.25, -0.2) is 0 Å². The van der Waals surface area contributed by atoms with Crippen molar-refractivity contribution in [2.24, 2.45) is 5.73 Å². The third kappa shape index (κ3) is 2.18. The van der Waals surface area contributed by atoms with Gasteiger partial charge >= 0.3 is 0 Å². The molecule has 1 fully saturated rings. The van der Waals surface area contributed by atoms with Gasteiger partial charge in [0, 0.05) is 32.2 Å². The number of rotatable bonds is 2. The van der Waals surface area contributed by atoms with E-state index in [1.807, 2.05) is 6.92 Å². The molecule has 0 aliphatic carbocycles. The Bertz CT molecular complexity index is 166. The van der Waals surface area contributed by atoms with E-state index >= 15 is 0 Å². The van der Waals surface area contributed by atoms with Gasteiger partial charge in [-0.2, -0.15) is 5.26 Å². The van der Waals surface area contributed by atoms with Crippen LogP contribution in [0, 0.1) is 11.3 Å². The van der Waals surface area contributed by atoms with Gasteiger partial charge in [-0.05, 0) is 6.92 Å². The molecule has 68 valence electrons. The van der Waals surface area contributed by atoms with Crippen molar-refractivity contribution >= 4 is 0 Å². The fraction of sp³-hybridized carbons (Fsp3) is 0.875. The first kappa shape index (κ1) is 9.46. The van der Waals surface area contributed by atoms with Gasteiger partial charge in [0.05, 0.1) is 6.07 Å². The zero-order chi connectivity index (χ0) is 8.97. The number of hydrogen-bond donors (Lipinski definition) is 2. The van der Waals surface area contributed by atoms with Crippen LogP contribution < -0.4 is 11.1 Å². The molecule has 0 spiro atoms. The summed E-state index contributed by atoms with van der Waals surface area (Å²) in [6.07, 6.45) is 0. The molecule has 1 aliphatic heterocycles. The van der Waals surface area contributed by atoms with Crippen LogP contribution in [0.3, 0.4) is 0 Å². The van der Waals surface area contributed by atoms with Crippen LogP contribution >= 0.6 is 0 Å². The van der Waals surface area contributed by atoms with Crippen LogP contribution in [0.2, 0.25) is 0 Å². The van der Waals surface area contributed by atoms with E-state index < -0.39 is 0 Å². The molecule has 4 heteroatoms. The van der Waals surface area contributed by atoms with Crippen LogP contribution in [0.5, 0.6) is 0 Å². The molecule has 0 aromatic carbocycles. The van der Waals surface area contributed by atoms with Crippen LogP contribution in [0.1, 0.15) is 6.92 Å². The molecular formula is C8H16N4. The molecule has 0 saturated carbocycles. The van der Waals surface area contributed by atoms with Crippen molar-refractivity contribution in [2.75, 3.05) is 26.2 Å². The van der Waals surface area contributed by atoms with E-state index in [2.05, 4.69) is 16.3 Å². The van der Waals surface area contributed by atoms with Crippen molar-refractivity contribution < 1.29 is 0 Å². The lowest BCUT2D eigenvalue weighted by Crippen LogP contribution is -2.53. The van der Waals surface area contributed by atoms with Gasteiger partial charge in [-0.3, -0.25) is 4.90 Å². The zero-order valence-corrected chi connectivity index (χ0v) is 7.45. The molecule has 4 nitrogen and oxygen atoms in total. The standard InChI is InChI=1S/C8H16N4/c1-7(10)8(6-9)12-4-2-11-3-5-12/h7-8,11H,2-5,10H2,1H3. The normalized spacial score (nSPS) is 24.4. The number of hydrogen-bond acceptors (Lipinski definition) is 4. The van der Waals surface area contributed by atoms with Crippen LogP contribution in [0.4, 0.5) is 0 Å². The summed E-state index contributed by atoms with van der Waals surface area (Å²) in [7, 11) is 0. The Morgan fingerprint density at radius 2 is 2.08 bits per heavy atom. The molecule has 0 bridgehead atoms. The lowest BCUT2D eigenvalue weighted by Gasteiger charge is -2.32. The molecule has 1 saturated heterocycles. The van der Waals surface area contributed by atoms with Gasteiger partial charge < -0.3 is 11.1 Å². The summed E-state index contributed by atoms with van der Waals surface area (Å²) in [6.45, 7) is 5.67. The molecule has 0 amide bonds. The molecule has 2 atom stereocenters. The maximum Gasteiger partial charge on any atom is 0.113 e. The second kappa shape index (κ2) is 4.41. The summed E-state index contributed by atoms with van der Waals surface area (Å²) >= 11 is 0. The maximum absolute atomic E-state index is 8.86. The van der Waals surface area contributed by atoms with E-state index in [0.29, 0.717) is 0 Å². The van der Waals surface area contributed by atoms with Crippen LogP contribution in [-0.4, -0.2) is 43.2 Å². The van der Waals surface area contributed by atoms with Crippen LogP contribution in [-0.2, 0) is 0 Å². The highest BCUT2D eigenvalue weighted by Crippen LogP contribution is 2.03. The van der Waals surface area contributed by atoms with E-state index in [-0.39, 0.29) is 12.1 Å². The Labute approximate surface area is 73.3 Å². The highest BCUT2D eigenvalue weighted by Gasteiger charge is 2.22. The number of piperazine rings is 1. The van der Waals surface area contributed by atoms with E-state index in [4.69, 9.17) is 11.0 Å². The summed E-state index contributed by atoms with van der Waals surface area (Å²) in [5, 5.41) is 12.1. The van der Waals surface area contributed by atoms with Gasteiger partial charge in [0.15, 0.2) is 0 Å². The van der Waals surface area contributed by atoms with E-state index in [0.717, 1.165) is 26.2 Å². The molecular weight excluding hydrogens is 152 g/mol. The quantitative estimate of drug-likeness (QED) is 0.562. The highest BCUT2D eigenvalue weighted by molar-refractivity contribution is 4.98. The molecule has 1 aliphatic rings. The number of nitrogens with one attached hydrogen (secondary N) is 1. The molecule has 1 heterocycles. The maximum atomic E-state index is 8.86. The Kier molecular flexibility index (Phi) is 3.48. The summed E-state index contributed by atoms with van der Waals surface area (Å²) < 4.78 is 0. The minimum atomic E-state index is -0.118. The van der Waals surface area contributed by atoms with Crippen molar-refractivity contribution in [1.29, 1.82) is 5.26 Å². The fourth-order valence-electron chi connectivity index (χ4n) is 1.49. The largest absolute Gasteiger partial charge is 0.326 e. The number of nitrogens with zero attached hydrogens (tertiary/aromatic N) is 2. The SMILES string of the molecule is CC(N)C(C#N)N1CCNCC1. The third-order valence-electron chi connectivity index (χ3n) is 2.18. The zero-order valence-electron chi connectivity index (χ0n) is 7.45. The van der Waals surface area contributed by atoms with Crippen LogP contribution in [0.25, 0.3) is 0 Å². The average Bonchev–Trinajstić information content (AvgIpc) is 2.07. The molecule has 3 N–H and O–H groups in total. The monoisotopic (exact) mass is 168 g/mol. The van der Waals surface area contributed by atoms with E-state index in [1.54, 1.807) is 0 Å². The van der Waals surface area contributed by atoms with Gasteiger partial charge in [0.2, 0.25) is 0 Å². The minimum absolute atomic E-state index is 0.0619. The first-order valence-electron chi connectivity index (χ1n) is 4.35. The van der Waals surface area contributed by atoms with Gasteiger partial charge in [0.1, 0.15) is 6.04 Å². The molecule has 2 unspecified atom stereocenters. The van der Waals surface area contributed by atoms with E-state index in [9.17, 15) is 0 Å². The number of nitrogens with two attached hydrogens (primary N) is 1. The second-order valence-corrected chi connectivity index (χ2v) is 3.22. The fourth-order valence-corrected chi connectivity index (χ4v) is 1.49. The Balaban J connectivity index is 2.47. The summed E-state index contributed by atoms with van der Waals surface area (Å²) in [5.74, 6) is 0. The topological polar surface area (TPSA) is 65.1 Å². The molecule has 12 heavy (non-hydrogen) atoms. The lowest BCUT2D eigenvalue weighted by atomic mass is 10.1. The van der Waals surface area contributed by atoms with Gasteiger partial charge in [-0.1, -0.05) is 0 Å². The Morgan fingerprint density at radius 1 is 1.50 bits per heavy atom. The third-order valence-corrected chi connectivity index (χ3v) is 2.18. The molecule has 0 radical (unpaired) electrons. The van der Waals surface area contributed by atoms with Crippen LogP contribution in [0.15, 0.2) is 0 Å². The highest BCUT2D eigenvalue weighted by atomic mass is 15.2. The number of nitriles is 1. The molecule has 0 aromatic heterocycles. The first-order chi connectivity index (χ1) is 5.75. The van der Waals surface area contributed by atoms with Crippen molar-refractivity contribution in [1.82, 2.24) is 10.2 Å².